The Morgan fingerprint density at radius 3 is 2.76 bits per heavy atom. The third-order valence-corrected chi connectivity index (χ3v) is 4.05. The van der Waals surface area contributed by atoms with Crippen molar-refractivity contribution in [3.8, 4) is 0 Å². The fourth-order valence-electron chi connectivity index (χ4n) is 2.68. The van der Waals surface area contributed by atoms with Crippen molar-refractivity contribution in [2.45, 2.75) is 19.8 Å². The lowest BCUT2D eigenvalue weighted by atomic mass is 9.80. The molecule has 1 aromatic rings. The Labute approximate surface area is 124 Å². The molecule has 2 rings (SSSR count). The second-order valence-electron chi connectivity index (χ2n) is 5.85. The summed E-state index contributed by atoms with van der Waals surface area (Å²) >= 11 is 0. The first-order valence-corrected chi connectivity index (χ1v) is 7.17. The SMILES string of the molecule is Cc1cc(NC(=O)N(C)CC2(CO)CCOCC2)n(C)n1. The van der Waals surface area contributed by atoms with E-state index >= 15 is 0 Å². The van der Waals surface area contributed by atoms with Gasteiger partial charge in [-0.15, -0.1) is 0 Å². The molecule has 0 unspecified atom stereocenters. The van der Waals surface area contributed by atoms with Crippen LogP contribution in [0.4, 0.5) is 10.6 Å². The van der Waals surface area contributed by atoms with Crippen molar-refractivity contribution in [1.82, 2.24) is 14.7 Å². The van der Waals surface area contributed by atoms with Gasteiger partial charge < -0.3 is 14.7 Å². The summed E-state index contributed by atoms with van der Waals surface area (Å²) in [6.45, 7) is 3.73. The van der Waals surface area contributed by atoms with Crippen molar-refractivity contribution < 1.29 is 14.6 Å². The van der Waals surface area contributed by atoms with Crippen LogP contribution in [-0.2, 0) is 11.8 Å². The number of aliphatic hydroxyl groups is 1. The van der Waals surface area contributed by atoms with E-state index in [2.05, 4.69) is 10.4 Å². The van der Waals surface area contributed by atoms with Crippen LogP contribution < -0.4 is 5.32 Å². The number of aliphatic hydroxyl groups excluding tert-OH is 1. The number of amides is 2. The Morgan fingerprint density at radius 2 is 2.24 bits per heavy atom. The Balaban J connectivity index is 1.97. The summed E-state index contributed by atoms with van der Waals surface area (Å²) in [4.78, 5) is 13.9. The summed E-state index contributed by atoms with van der Waals surface area (Å²) in [6, 6.07) is 1.62. The molecule has 21 heavy (non-hydrogen) atoms. The molecule has 2 N–H and O–H groups in total. The molecule has 0 spiro atoms. The van der Waals surface area contributed by atoms with Crippen LogP contribution in [0.3, 0.4) is 0 Å². The monoisotopic (exact) mass is 296 g/mol. The molecule has 7 nitrogen and oxygen atoms in total. The van der Waals surface area contributed by atoms with Gasteiger partial charge in [0.2, 0.25) is 0 Å². The van der Waals surface area contributed by atoms with Gasteiger partial charge in [-0.25, -0.2) is 4.79 Å². The van der Waals surface area contributed by atoms with Crippen LogP contribution in [0, 0.1) is 12.3 Å². The summed E-state index contributed by atoms with van der Waals surface area (Å²) in [7, 11) is 3.53. The van der Waals surface area contributed by atoms with E-state index in [0.29, 0.717) is 25.6 Å². The minimum absolute atomic E-state index is 0.0683. The van der Waals surface area contributed by atoms with Crippen LogP contribution in [-0.4, -0.2) is 59.2 Å². The molecule has 118 valence electrons. The number of carbonyl (C=O) groups excluding carboxylic acids is 1. The maximum Gasteiger partial charge on any atom is 0.322 e. The average Bonchev–Trinajstić information content (AvgIpc) is 2.77. The van der Waals surface area contributed by atoms with Gasteiger partial charge in [0.25, 0.3) is 0 Å². The van der Waals surface area contributed by atoms with Crippen molar-refractivity contribution in [3.05, 3.63) is 11.8 Å². The van der Waals surface area contributed by atoms with Gasteiger partial charge in [0.1, 0.15) is 5.82 Å². The maximum atomic E-state index is 12.3. The lowest BCUT2D eigenvalue weighted by Crippen LogP contribution is -2.45. The molecule has 7 heteroatoms. The molecule has 1 aliphatic heterocycles. The third-order valence-electron chi connectivity index (χ3n) is 4.05. The molecule has 0 bridgehead atoms. The molecular weight excluding hydrogens is 272 g/mol. The summed E-state index contributed by atoms with van der Waals surface area (Å²) in [5.74, 6) is 0.661. The number of nitrogens with one attached hydrogen (secondary N) is 1. The molecule has 1 aromatic heterocycles. The number of ether oxygens (including phenoxy) is 1. The van der Waals surface area contributed by atoms with Crippen LogP contribution in [0.15, 0.2) is 6.07 Å². The summed E-state index contributed by atoms with van der Waals surface area (Å²) in [6.07, 6.45) is 1.54. The molecule has 0 radical (unpaired) electrons. The molecule has 0 aliphatic carbocycles. The fourth-order valence-corrected chi connectivity index (χ4v) is 2.68. The second kappa shape index (κ2) is 6.44. The van der Waals surface area contributed by atoms with E-state index in [1.54, 1.807) is 23.7 Å². The molecule has 1 fully saturated rings. The molecule has 2 heterocycles. The molecule has 0 aromatic carbocycles. The van der Waals surface area contributed by atoms with Crippen molar-refractivity contribution in [2.24, 2.45) is 12.5 Å². The van der Waals surface area contributed by atoms with E-state index in [1.807, 2.05) is 13.0 Å². The molecule has 0 atom stereocenters. The zero-order chi connectivity index (χ0) is 15.5. The number of carbonyl (C=O) groups is 1. The van der Waals surface area contributed by atoms with Crippen LogP contribution in [0.2, 0.25) is 0 Å². The molecule has 1 aliphatic rings. The number of nitrogens with zero attached hydrogens (tertiary/aromatic N) is 3. The highest BCUT2D eigenvalue weighted by molar-refractivity contribution is 5.88. The lowest BCUT2D eigenvalue weighted by Gasteiger charge is -2.38. The fraction of sp³-hybridized carbons (Fsp3) is 0.714. The van der Waals surface area contributed by atoms with E-state index < -0.39 is 0 Å². The summed E-state index contributed by atoms with van der Waals surface area (Å²) in [5, 5.41) is 16.7. The highest BCUT2D eigenvalue weighted by Gasteiger charge is 2.34. The van der Waals surface area contributed by atoms with Crippen LogP contribution >= 0.6 is 0 Å². The summed E-state index contributed by atoms with van der Waals surface area (Å²) < 4.78 is 6.98. The van der Waals surface area contributed by atoms with Crippen LogP contribution in [0.1, 0.15) is 18.5 Å². The summed E-state index contributed by atoms with van der Waals surface area (Å²) in [5.41, 5.74) is 0.596. The van der Waals surface area contributed by atoms with E-state index in [9.17, 15) is 9.90 Å². The number of rotatable bonds is 4. The number of aromatic nitrogens is 2. The number of hydrogen-bond donors (Lipinski definition) is 2. The Kier molecular flexibility index (Phi) is 4.84. The first kappa shape index (κ1) is 15.8. The largest absolute Gasteiger partial charge is 0.396 e. The predicted octanol–water partition coefficient (Wildman–Crippen LogP) is 0.981. The van der Waals surface area contributed by atoms with E-state index in [-0.39, 0.29) is 18.1 Å². The predicted molar refractivity (Wildman–Crippen MR) is 79.2 cm³/mol. The van der Waals surface area contributed by atoms with Gasteiger partial charge in [-0.05, 0) is 19.8 Å². The van der Waals surface area contributed by atoms with Crippen LogP contribution in [0.25, 0.3) is 0 Å². The van der Waals surface area contributed by atoms with E-state index in [1.165, 1.54) is 0 Å². The first-order chi connectivity index (χ1) is 9.96. The van der Waals surface area contributed by atoms with Crippen molar-refractivity contribution in [3.63, 3.8) is 0 Å². The minimum atomic E-state index is -0.257. The number of urea groups is 1. The van der Waals surface area contributed by atoms with E-state index in [4.69, 9.17) is 4.74 Å². The van der Waals surface area contributed by atoms with Gasteiger partial charge in [0.15, 0.2) is 0 Å². The smallest absolute Gasteiger partial charge is 0.322 e. The Hall–Kier alpha value is -1.60. The van der Waals surface area contributed by atoms with Gasteiger partial charge in [0, 0.05) is 45.3 Å². The van der Waals surface area contributed by atoms with Gasteiger partial charge in [0.05, 0.1) is 12.3 Å². The molecule has 1 saturated heterocycles. The molecular formula is C14H24N4O3. The highest BCUT2D eigenvalue weighted by atomic mass is 16.5. The number of aryl methyl sites for hydroxylation is 2. The quantitative estimate of drug-likeness (QED) is 0.868. The molecule has 0 saturated carbocycles. The van der Waals surface area contributed by atoms with Crippen molar-refractivity contribution in [2.75, 3.05) is 38.7 Å². The zero-order valence-electron chi connectivity index (χ0n) is 12.9. The first-order valence-electron chi connectivity index (χ1n) is 7.17. The topological polar surface area (TPSA) is 79.6 Å². The third kappa shape index (κ3) is 3.74. The van der Waals surface area contributed by atoms with Crippen LogP contribution in [0.5, 0.6) is 0 Å². The minimum Gasteiger partial charge on any atom is -0.396 e. The number of hydrogen-bond acceptors (Lipinski definition) is 4. The maximum absolute atomic E-state index is 12.3. The standard InChI is InChI=1S/C14H24N4O3/c1-11-8-12(18(3)16-11)15-13(20)17(2)9-14(10-19)4-6-21-7-5-14/h8,19H,4-7,9-10H2,1-3H3,(H,15,20). The Morgan fingerprint density at radius 1 is 1.57 bits per heavy atom. The number of anilines is 1. The average molecular weight is 296 g/mol. The lowest BCUT2D eigenvalue weighted by molar-refractivity contribution is -0.0255. The molecule has 2 amide bonds. The normalized spacial score (nSPS) is 17.5. The highest BCUT2D eigenvalue weighted by Crippen LogP contribution is 2.30. The van der Waals surface area contributed by atoms with Gasteiger partial charge in [-0.2, -0.15) is 5.10 Å². The van der Waals surface area contributed by atoms with E-state index in [0.717, 1.165) is 18.5 Å². The van der Waals surface area contributed by atoms with Gasteiger partial charge >= 0.3 is 6.03 Å². The van der Waals surface area contributed by atoms with Gasteiger partial charge in [-0.1, -0.05) is 0 Å². The Bertz CT molecular complexity index is 494. The van der Waals surface area contributed by atoms with Crippen molar-refractivity contribution >= 4 is 11.8 Å². The van der Waals surface area contributed by atoms with Crippen molar-refractivity contribution in [1.29, 1.82) is 0 Å². The second-order valence-corrected chi connectivity index (χ2v) is 5.85. The zero-order valence-corrected chi connectivity index (χ0v) is 12.9. The van der Waals surface area contributed by atoms with Gasteiger partial charge in [-0.3, -0.25) is 10.00 Å².